The molecule has 4 aliphatic heterocycles. The molecular weight excluding hydrogens is 658 g/mol. The molecule has 10 bridgehead atoms. The number of oxazole rings is 2. The first kappa shape index (κ1) is 30.9. The van der Waals surface area contributed by atoms with Gasteiger partial charge in [0, 0.05) is 51.5 Å². The van der Waals surface area contributed by atoms with Crippen LogP contribution in [0.15, 0.2) is 75.8 Å². The Kier molecular flexibility index (Phi) is 6.43. The molecule has 0 saturated heterocycles. The van der Waals surface area contributed by atoms with E-state index in [1.54, 1.807) is 6.20 Å². The highest BCUT2D eigenvalue weighted by Gasteiger charge is 2.61. The zero-order chi connectivity index (χ0) is 35.6. The fourth-order valence-electron chi connectivity index (χ4n) is 8.43. The first-order valence-electron chi connectivity index (χ1n) is 17.8. The third-order valence-corrected chi connectivity index (χ3v) is 11.2. The molecule has 2 amide bonds. The summed E-state index contributed by atoms with van der Waals surface area (Å²) in [5.41, 5.74) is 13.0. The molecule has 5 atom stereocenters. The molecule has 6 aromatic rings. The topological polar surface area (TPSA) is 173 Å². The van der Waals surface area contributed by atoms with Gasteiger partial charge in [0.25, 0.3) is 0 Å². The number of para-hydroxylation sites is 1. The van der Waals surface area contributed by atoms with Gasteiger partial charge in [-0.25, -0.2) is 9.97 Å². The fourth-order valence-corrected chi connectivity index (χ4v) is 8.43. The maximum atomic E-state index is 14.2. The van der Waals surface area contributed by atoms with Gasteiger partial charge in [-0.15, -0.1) is 0 Å². The van der Waals surface area contributed by atoms with E-state index in [9.17, 15) is 9.59 Å². The number of rotatable bonds is 4. The number of ether oxygens (including phenoxy) is 1. The van der Waals surface area contributed by atoms with Gasteiger partial charge in [-0.2, -0.15) is 0 Å². The fraction of sp³-hybridized carbons (Fsp3) is 0.300. The number of H-pyrrole nitrogens is 1. The first-order chi connectivity index (χ1) is 25.1. The Morgan fingerprint density at radius 1 is 1.00 bits per heavy atom. The molecule has 52 heavy (non-hydrogen) atoms. The van der Waals surface area contributed by atoms with Crippen LogP contribution in [0.4, 0.5) is 5.69 Å². The normalized spacial score (nSPS) is 22.6. The predicted octanol–water partition coefficient (Wildman–Crippen LogP) is 5.77. The van der Waals surface area contributed by atoms with Gasteiger partial charge in [-0.3, -0.25) is 9.59 Å². The van der Waals surface area contributed by atoms with Crippen molar-refractivity contribution in [3.8, 4) is 39.8 Å². The SMILES string of the molecule is CC(C)[C@H](N)C(=O)N[C@H]1Cc2ccc3c(c2)C24c5cccc(c5NC2O3)-c2cccc3[nH]cc(c23)-c2cnc(o2)-c2nc(oc24)[C@H](C(C)C)NC1=O. The molecule has 3 aromatic carbocycles. The molecular formula is C40H37N7O5. The van der Waals surface area contributed by atoms with Gasteiger partial charge in [0.05, 0.1) is 12.2 Å². The van der Waals surface area contributed by atoms with Crippen LogP contribution in [0, 0.1) is 11.8 Å². The van der Waals surface area contributed by atoms with Crippen LogP contribution in [0.5, 0.6) is 5.75 Å². The number of fused-ring (bicyclic) bond motifs is 7. The number of carbonyl (C=O) groups excluding carboxylic acids is 2. The van der Waals surface area contributed by atoms with E-state index in [0.29, 0.717) is 28.9 Å². The van der Waals surface area contributed by atoms with Gasteiger partial charge in [0.15, 0.2) is 23.4 Å². The number of nitrogens with zero attached hydrogens (tertiary/aromatic N) is 2. The van der Waals surface area contributed by atoms with Crippen molar-refractivity contribution in [2.75, 3.05) is 5.32 Å². The summed E-state index contributed by atoms with van der Waals surface area (Å²) in [6.45, 7) is 7.73. The highest BCUT2D eigenvalue weighted by molar-refractivity contribution is 6.07. The highest BCUT2D eigenvalue weighted by Crippen LogP contribution is 2.61. The van der Waals surface area contributed by atoms with E-state index in [2.05, 4.69) is 57.3 Å². The van der Waals surface area contributed by atoms with Crippen molar-refractivity contribution in [2.24, 2.45) is 17.6 Å². The van der Waals surface area contributed by atoms with E-state index in [4.69, 9.17) is 29.3 Å². The van der Waals surface area contributed by atoms with E-state index in [1.807, 2.05) is 52.1 Å². The lowest BCUT2D eigenvalue weighted by Gasteiger charge is -2.29. The minimum atomic E-state index is -1.04. The molecule has 2 unspecified atom stereocenters. The molecule has 0 radical (unpaired) electrons. The van der Waals surface area contributed by atoms with Crippen LogP contribution in [0.1, 0.15) is 62.1 Å². The summed E-state index contributed by atoms with van der Waals surface area (Å²) in [5.74, 6) is 1.30. The van der Waals surface area contributed by atoms with Crippen LogP contribution in [0.25, 0.3) is 44.9 Å². The van der Waals surface area contributed by atoms with Crippen molar-refractivity contribution in [2.45, 2.75) is 63.9 Å². The van der Waals surface area contributed by atoms with Gasteiger partial charge in [-0.1, -0.05) is 70.2 Å². The van der Waals surface area contributed by atoms with Crippen LogP contribution in [0.3, 0.4) is 0 Å². The van der Waals surface area contributed by atoms with E-state index >= 15 is 0 Å². The Morgan fingerprint density at radius 3 is 2.65 bits per heavy atom. The van der Waals surface area contributed by atoms with Gasteiger partial charge in [0.2, 0.25) is 23.6 Å². The molecule has 12 heteroatoms. The van der Waals surface area contributed by atoms with Crippen molar-refractivity contribution in [1.82, 2.24) is 25.6 Å². The van der Waals surface area contributed by atoms with Gasteiger partial charge in [0.1, 0.15) is 23.2 Å². The minimum Gasteiger partial charge on any atom is -0.469 e. The molecule has 262 valence electrons. The van der Waals surface area contributed by atoms with E-state index in [0.717, 1.165) is 50.0 Å². The third kappa shape index (κ3) is 4.12. The Balaban J connectivity index is 1.28. The van der Waals surface area contributed by atoms with Crippen LogP contribution in [-0.4, -0.2) is 45.1 Å². The Labute approximate surface area is 298 Å². The summed E-state index contributed by atoms with van der Waals surface area (Å²) in [6.07, 6.45) is 3.26. The molecule has 0 saturated carbocycles. The Hall–Kier alpha value is -5.88. The molecule has 0 fully saturated rings. The molecule has 3 aromatic heterocycles. The molecule has 10 rings (SSSR count). The zero-order valence-corrected chi connectivity index (χ0v) is 29.0. The number of anilines is 1. The second kappa shape index (κ2) is 10.8. The summed E-state index contributed by atoms with van der Waals surface area (Å²) in [5, 5.41) is 10.9. The standard InChI is InChI=1S/C40H37N7O5/c1-17(2)30(41)36(49)44-26-14-19-11-12-27-24(13-19)40-23-9-5-8-21(32(23)47-39(40)51-27)20-7-6-10-25-29(20)22(15-42-25)28-16-43-37(50-28)33-34(40)52-38(46-33)31(18(3)4)45-35(26)48/h5-13,15-18,26,30-31,39,42,47H,14,41H2,1-4H3,(H,44,49)(H,45,48)/t26-,30-,31-,39?,40?/m0/s1. The molecule has 0 aliphatic carbocycles. The number of hydrogen-bond donors (Lipinski definition) is 5. The van der Waals surface area contributed by atoms with E-state index in [-0.39, 0.29) is 30.1 Å². The number of aromatic nitrogens is 3. The van der Waals surface area contributed by atoms with Gasteiger partial charge >= 0.3 is 0 Å². The smallest absolute Gasteiger partial charge is 0.249 e. The van der Waals surface area contributed by atoms with E-state index < -0.39 is 35.7 Å². The molecule has 6 N–H and O–H groups in total. The number of amides is 2. The predicted molar refractivity (Wildman–Crippen MR) is 193 cm³/mol. The summed E-state index contributed by atoms with van der Waals surface area (Å²) < 4.78 is 20.4. The van der Waals surface area contributed by atoms with Crippen LogP contribution >= 0.6 is 0 Å². The van der Waals surface area contributed by atoms with Crippen molar-refractivity contribution in [1.29, 1.82) is 0 Å². The van der Waals surface area contributed by atoms with Crippen LogP contribution in [0.2, 0.25) is 0 Å². The summed E-state index contributed by atoms with van der Waals surface area (Å²) >= 11 is 0. The highest BCUT2D eigenvalue weighted by atomic mass is 16.5. The summed E-state index contributed by atoms with van der Waals surface area (Å²) in [7, 11) is 0. The van der Waals surface area contributed by atoms with Crippen molar-refractivity contribution in [3.05, 3.63) is 95.3 Å². The number of benzene rings is 3. The first-order valence-corrected chi connectivity index (χ1v) is 17.8. The Morgan fingerprint density at radius 2 is 1.83 bits per heavy atom. The maximum absolute atomic E-state index is 14.2. The monoisotopic (exact) mass is 695 g/mol. The molecule has 12 nitrogen and oxygen atoms in total. The minimum absolute atomic E-state index is 0.113. The van der Waals surface area contributed by atoms with Crippen LogP contribution < -0.4 is 26.4 Å². The van der Waals surface area contributed by atoms with Crippen LogP contribution in [-0.2, 0) is 21.4 Å². The zero-order valence-electron chi connectivity index (χ0n) is 29.0. The average Bonchev–Trinajstić information content (AvgIpc) is 3.95. The van der Waals surface area contributed by atoms with Crippen molar-refractivity contribution < 1.29 is 23.2 Å². The van der Waals surface area contributed by atoms with Crippen molar-refractivity contribution >= 4 is 28.4 Å². The number of carbonyl (C=O) groups is 2. The second-order valence-electron chi connectivity index (χ2n) is 15.0. The average molecular weight is 696 g/mol. The van der Waals surface area contributed by atoms with Gasteiger partial charge < -0.3 is 40.2 Å². The summed E-state index contributed by atoms with van der Waals surface area (Å²) in [6, 6.07) is 16.1. The lowest BCUT2D eigenvalue weighted by atomic mass is 9.72. The molecule has 7 heterocycles. The van der Waals surface area contributed by atoms with E-state index in [1.165, 1.54) is 0 Å². The number of nitrogens with two attached hydrogens (primary N) is 1. The number of aromatic amines is 1. The largest absolute Gasteiger partial charge is 0.469 e. The quantitative estimate of drug-likeness (QED) is 0.153. The summed E-state index contributed by atoms with van der Waals surface area (Å²) in [4.78, 5) is 40.8. The second-order valence-corrected chi connectivity index (χ2v) is 15.0. The third-order valence-electron chi connectivity index (χ3n) is 11.2. The molecule has 1 spiro atoms. The number of hydrogen-bond acceptors (Lipinski definition) is 9. The molecule has 4 aliphatic rings. The lowest BCUT2D eigenvalue weighted by molar-refractivity contribution is -0.130. The lowest BCUT2D eigenvalue weighted by Crippen LogP contribution is -2.54. The van der Waals surface area contributed by atoms with Crippen molar-refractivity contribution in [3.63, 3.8) is 0 Å². The van der Waals surface area contributed by atoms with Gasteiger partial charge in [-0.05, 0) is 35.1 Å². The maximum Gasteiger partial charge on any atom is 0.249 e. The number of nitrogens with one attached hydrogen (secondary N) is 4. The Bertz CT molecular complexity index is 2470.